The molecular formula is C12H23F3N2. The van der Waals surface area contributed by atoms with E-state index in [0.29, 0.717) is 25.0 Å². The molecule has 1 atom stereocenters. The predicted octanol–water partition coefficient (Wildman–Crippen LogP) is 2.65. The van der Waals surface area contributed by atoms with Gasteiger partial charge in [-0.15, -0.1) is 0 Å². The highest BCUT2D eigenvalue weighted by molar-refractivity contribution is 4.78. The van der Waals surface area contributed by atoms with Crippen LogP contribution < -0.4 is 5.32 Å². The van der Waals surface area contributed by atoms with E-state index in [1.165, 1.54) is 4.90 Å². The molecule has 1 N–H and O–H groups in total. The molecule has 1 aliphatic heterocycles. The van der Waals surface area contributed by atoms with Gasteiger partial charge >= 0.3 is 6.18 Å². The van der Waals surface area contributed by atoms with E-state index in [1.807, 2.05) is 0 Å². The number of nitrogens with one attached hydrogen (secondary N) is 1. The Kier molecular flexibility index (Phi) is 5.73. The summed E-state index contributed by atoms with van der Waals surface area (Å²) in [7, 11) is 0. The van der Waals surface area contributed by atoms with Gasteiger partial charge in [-0.25, -0.2) is 0 Å². The highest BCUT2D eigenvalue weighted by atomic mass is 19.4. The van der Waals surface area contributed by atoms with Gasteiger partial charge in [0, 0.05) is 6.04 Å². The number of piperidine rings is 1. The molecule has 1 unspecified atom stereocenters. The number of alkyl halides is 3. The molecular weight excluding hydrogens is 229 g/mol. The van der Waals surface area contributed by atoms with Crippen molar-refractivity contribution in [1.29, 1.82) is 0 Å². The van der Waals surface area contributed by atoms with E-state index in [9.17, 15) is 13.2 Å². The number of nitrogens with zero attached hydrogens (tertiary/aromatic N) is 1. The van der Waals surface area contributed by atoms with E-state index in [-0.39, 0.29) is 0 Å². The lowest BCUT2D eigenvalue weighted by atomic mass is 10.0. The fraction of sp³-hybridized carbons (Fsp3) is 1.00. The summed E-state index contributed by atoms with van der Waals surface area (Å²) in [6.45, 7) is 5.66. The summed E-state index contributed by atoms with van der Waals surface area (Å²) in [5.41, 5.74) is 0. The smallest absolute Gasteiger partial charge is 0.314 e. The molecule has 0 bridgehead atoms. The normalized spacial score (nSPS) is 21.7. The van der Waals surface area contributed by atoms with Crippen molar-refractivity contribution >= 4 is 0 Å². The maximum atomic E-state index is 12.2. The van der Waals surface area contributed by atoms with Gasteiger partial charge in [-0.3, -0.25) is 4.90 Å². The van der Waals surface area contributed by atoms with Gasteiger partial charge in [-0.1, -0.05) is 20.3 Å². The van der Waals surface area contributed by atoms with Crippen LogP contribution in [0.3, 0.4) is 0 Å². The quantitative estimate of drug-likeness (QED) is 0.809. The van der Waals surface area contributed by atoms with Crippen molar-refractivity contribution in [1.82, 2.24) is 10.2 Å². The number of rotatable bonds is 5. The SMILES string of the molecule is CCC(C)CNC1CCN(CC(F)(F)F)CC1. The summed E-state index contributed by atoms with van der Waals surface area (Å²) in [5.74, 6) is 0.642. The molecule has 2 nitrogen and oxygen atoms in total. The monoisotopic (exact) mass is 252 g/mol. The molecule has 0 aromatic rings. The van der Waals surface area contributed by atoms with E-state index in [0.717, 1.165) is 25.8 Å². The Morgan fingerprint density at radius 3 is 2.35 bits per heavy atom. The molecule has 0 amide bonds. The molecule has 102 valence electrons. The van der Waals surface area contributed by atoms with Gasteiger partial charge in [0.05, 0.1) is 6.54 Å². The molecule has 5 heteroatoms. The Balaban J connectivity index is 2.17. The van der Waals surface area contributed by atoms with Gasteiger partial charge in [0.2, 0.25) is 0 Å². The topological polar surface area (TPSA) is 15.3 Å². The summed E-state index contributed by atoms with van der Waals surface area (Å²) >= 11 is 0. The van der Waals surface area contributed by atoms with Gasteiger partial charge in [-0.2, -0.15) is 13.2 Å². The third-order valence-electron chi connectivity index (χ3n) is 3.44. The first-order valence-electron chi connectivity index (χ1n) is 6.43. The largest absolute Gasteiger partial charge is 0.401 e. The summed E-state index contributed by atoms with van der Waals surface area (Å²) in [4.78, 5) is 1.50. The van der Waals surface area contributed by atoms with Gasteiger partial charge in [0.25, 0.3) is 0 Å². The fourth-order valence-electron chi connectivity index (χ4n) is 2.06. The highest BCUT2D eigenvalue weighted by Crippen LogP contribution is 2.19. The van der Waals surface area contributed by atoms with Crippen molar-refractivity contribution in [3.05, 3.63) is 0 Å². The van der Waals surface area contributed by atoms with Crippen LogP contribution in [0.2, 0.25) is 0 Å². The van der Waals surface area contributed by atoms with Gasteiger partial charge < -0.3 is 5.32 Å². The molecule has 17 heavy (non-hydrogen) atoms. The van der Waals surface area contributed by atoms with Crippen LogP contribution in [-0.2, 0) is 0 Å². The molecule has 0 aromatic heterocycles. The van der Waals surface area contributed by atoms with E-state index in [1.54, 1.807) is 0 Å². The van der Waals surface area contributed by atoms with Crippen molar-refractivity contribution in [3.63, 3.8) is 0 Å². The summed E-state index contributed by atoms with van der Waals surface area (Å²) in [5, 5.41) is 3.45. The summed E-state index contributed by atoms with van der Waals surface area (Å²) < 4.78 is 36.5. The predicted molar refractivity (Wildman–Crippen MR) is 63.0 cm³/mol. The number of halogens is 3. The maximum absolute atomic E-state index is 12.2. The Labute approximate surface area is 102 Å². The average molecular weight is 252 g/mol. The van der Waals surface area contributed by atoms with Crippen LogP contribution in [0.4, 0.5) is 13.2 Å². The van der Waals surface area contributed by atoms with Crippen molar-refractivity contribution in [3.8, 4) is 0 Å². The molecule has 1 saturated heterocycles. The minimum absolute atomic E-state index is 0.397. The van der Waals surface area contributed by atoms with Crippen LogP contribution in [0.25, 0.3) is 0 Å². The Hall–Kier alpha value is -0.290. The van der Waals surface area contributed by atoms with Crippen LogP contribution in [0.5, 0.6) is 0 Å². The zero-order valence-electron chi connectivity index (χ0n) is 10.7. The Morgan fingerprint density at radius 2 is 1.88 bits per heavy atom. The Morgan fingerprint density at radius 1 is 1.29 bits per heavy atom. The number of hydrogen-bond donors (Lipinski definition) is 1. The molecule has 0 spiro atoms. The lowest BCUT2D eigenvalue weighted by Crippen LogP contribution is -2.46. The van der Waals surface area contributed by atoms with Crippen molar-refractivity contribution in [2.24, 2.45) is 5.92 Å². The van der Waals surface area contributed by atoms with E-state index in [4.69, 9.17) is 0 Å². The van der Waals surface area contributed by atoms with E-state index < -0.39 is 12.7 Å². The molecule has 0 radical (unpaired) electrons. The van der Waals surface area contributed by atoms with E-state index >= 15 is 0 Å². The van der Waals surface area contributed by atoms with E-state index in [2.05, 4.69) is 19.2 Å². The summed E-state index contributed by atoms with van der Waals surface area (Å²) in [6, 6.07) is 0.397. The molecule has 0 saturated carbocycles. The first-order chi connectivity index (χ1) is 7.90. The number of hydrogen-bond acceptors (Lipinski definition) is 2. The molecule has 0 aliphatic carbocycles. The van der Waals surface area contributed by atoms with Crippen LogP contribution in [0.1, 0.15) is 33.1 Å². The van der Waals surface area contributed by atoms with Gasteiger partial charge in [0.1, 0.15) is 0 Å². The molecule has 1 aliphatic rings. The first-order valence-corrected chi connectivity index (χ1v) is 6.43. The van der Waals surface area contributed by atoms with Crippen molar-refractivity contribution in [2.45, 2.75) is 45.3 Å². The van der Waals surface area contributed by atoms with Crippen LogP contribution >= 0.6 is 0 Å². The minimum atomic E-state index is -4.06. The third-order valence-corrected chi connectivity index (χ3v) is 3.44. The molecule has 0 aromatic carbocycles. The first kappa shape index (κ1) is 14.8. The zero-order chi connectivity index (χ0) is 12.9. The number of likely N-dealkylation sites (tertiary alicyclic amines) is 1. The van der Waals surface area contributed by atoms with Gasteiger partial charge in [-0.05, 0) is 38.4 Å². The highest BCUT2D eigenvalue weighted by Gasteiger charge is 2.32. The zero-order valence-corrected chi connectivity index (χ0v) is 10.7. The maximum Gasteiger partial charge on any atom is 0.401 e. The average Bonchev–Trinajstić information content (AvgIpc) is 2.25. The van der Waals surface area contributed by atoms with Crippen LogP contribution in [-0.4, -0.2) is 43.3 Å². The second-order valence-corrected chi connectivity index (χ2v) is 5.09. The lowest BCUT2D eigenvalue weighted by Gasteiger charge is -2.33. The lowest BCUT2D eigenvalue weighted by molar-refractivity contribution is -0.148. The second kappa shape index (κ2) is 6.59. The van der Waals surface area contributed by atoms with Gasteiger partial charge in [0.15, 0.2) is 0 Å². The van der Waals surface area contributed by atoms with Crippen molar-refractivity contribution < 1.29 is 13.2 Å². The molecule has 1 fully saturated rings. The second-order valence-electron chi connectivity index (χ2n) is 5.09. The minimum Gasteiger partial charge on any atom is -0.314 e. The standard InChI is InChI=1S/C12H23F3N2/c1-3-10(2)8-16-11-4-6-17(7-5-11)9-12(13,14)15/h10-11,16H,3-9H2,1-2H3. The van der Waals surface area contributed by atoms with Crippen LogP contribution in [0.15, 0.2) is 0 Å². The summed E-state index contributed by atoms with van der Waals surface area (Å²) in [6.07, 6.45) is -1.27. The fourth-order valence-corrected chi connectivity index (χ4v) is 2.06. The third kappa shape index (κ3) is 6.27. The molecule has 1 rings (SSSR count). The molecule has 1 heterocycles. The van der Waals surface area contributed by atoms with Crippen LogP contribution in [0, 0.1) is 5.92 Å². The Bertz CT molecular complexity index is 210. The van der Waals surface area contributed by atoms with Crippen molar-refractivity contribution in [2.75, 3.05) is 26.2 Å².